The van der Waals surface area contributed by atoms with Gasteiger partial charge in [-0.25, -0.2) is 13.6 Å². The summed E-state index contributed by atoms with van der Waals surface area (Å²) in [5.41, 5.74) is 1.86. The summed E-state index contributed by atoms with van der Waals surface area (Å²) in [7, 11) is -3.78. The monoisotopic (exact) mass is 441 g/mol. The van der Waals surface area contributed by atoms with E-state index in [0.29, 0.717) is 28.0 Å². The lowest BCUT2D eigenvalue weighted by Gasteiger charge is -2.30. The lowest BCUT2D eigenvalue weighted by Crippen LogP contribution is -2.19. The highest BCUT2D eigenvalue weighted by Crippen LogP contribution is 2.48. The van der Waals surface area contributed by atoms with Crippen molar-refractivity contribution in [2.45, 2.75) is 38.2 Å². The number of rotatable bonds is 8. The van der Waals surface area contributed by atoms with Gasteiger partial charge >= 0.3 is 12.6 Å². The highest BCUT2D eigenvalue weighted by atomic mass is 32.2. The van der Waals surface area contributed by atoms with Gasteiger partial charge in [-0.2, -0.15) is 8.78 Å². The van der Waals surface area contributed by atoms with Crippen LogP contribution >= 0.6 is 0 Å². The molecule has 7 nitrogen and oxygen atoms in total. The van der Waals surface area contributed by atoms with Crippen LogP contribution in [-0.2, 0) is 25.3 Å². The quantitative estimate of drug-likeness (QED) is 0.629. The summed E-state index contributed by atoms with van der Waals surface area (Å²) in [4.78, 5) is 11.8. The molecule has 0 saturated carbocycles. The van der Waals surface area contributed by atoms with Gasteiger partial charge in [-0.05, 0) is 36.6 Å². The van der Waals surface area contributed by atoms with Crippen molar-refractivity contribution < 1.29 is 36.2 Å². The number of ether oxygens (including phenoxy) is 3. The smallest absolute Gasteiger partial charge is 0.387 e. The van der Waals surface area contributed by atoms with Crippen molar-refractivity contribution in [2.75, 3.05) is 6.61 Å². The van der Waals surface area contributed by atoms with Gasteiger partial charge in [0.15, 0.2) is 0 Å². The van der Waals surface area contributed by atoms with Gasteiger partial charge in [-0.1, -0.05) is 24.3 Å². The summed E-state index contributed by atoms with van der Waals surface area (Å²) in [6.07, 6.45) is -0.289. The molecule has 0 amide bonds. The molecule has 2 aromatic carbocycles. The molecule has 1 aliphatic heterocycles. The molecule has 3 rings (SSSR count). The van der Waals surface area contributed by atoms with E-state index in [2.05, 4.69) is 4.74 Å². The number of primary sulfonamides is 1. The summed E-state index contributed by atoms with van der Waals surface area (Å²) in [6.45, 7) is -1.08. The van der Waals surface area contributed by atoms with Gasteiger partial charge in [-0.15, -0.1) is 0 Å². The third-order valence-corrected chi connectivity index (χ3v) is 5.23. The number of hydrogen-bond donors (Lipinski definition) is 1. The van der Waals surface area contributed by atoms with E-state index in [1.807, 2.05) is 0 Å². The maximum Gasteiger partial charge on any atom is 0.387 e. The second kappa shape index (κ2) is 8.97. The second-order valence-corrected chi connectivity index (χ2v) is 8.30. The molecule has 0 aromatic heterocycles. The third-order valence-electron chi connectivity index (χ3n) is 4.49. The molecule has 0 bridgehead atoms. The van der Waals surface area contributed by atoms with Gasteiger partial charge in [-0.3, -0.25) is 4.79 Å². The molecule has 2 aromatic rings. The SMILES string of the molecule is CCOC(=O)CCC1Oc2cccc(OC(F)F)c2-c2ccc(CS(N)(=O)=O)cc21. The maximum absolute atomic E-state index is 12.9. The van der Waals surface area contributed by atoms with Gasteiger partial charge in [0, 0.05) is 12.0 Å². The Morgan fingerprint density at radius 1 is 1.27 bits per heavy atom. The van der Waals surface area contributed by atoms with Gasteiger partial charge in [0.05, 0.1) is 17.9 Å². The van der Waals surface area contributed by atoms with Crippen LogP contribution in [0.2, 0.25) is 0 Å². The third kappa shape index (κ3) is 5.25. The largest absolute Gasteiger partial charge is 0.485 e. The van der Waals surface area contributed by atoms with Gasteiger partial charge in [0.1, 0.15) is 17.6 Å². The molecular formula is C20H21F2NO6S. The zero-order chi connectivity index (χ0) is 21.9. The Balaban J connectivity index is 2.04. The number of benzene rings is 2. The number of sulfonamides is 1. The van der Waals surface area contributed by atoms with E-state index < -0.39 is 34.5 Å². The average Bonchev–Trinajstić information content (AvgIpc) is 2.64. The average molecular weight is 441 g/mol. The molecule has 1 atom stereocenters. The Bertz CT molecular complexity index is 1040. The molecule has 2 N–H and O–H groups in total. The minimum atomic E-state index is -3.78. The Morgan fingerprint density at radius 3 is 2.70 bits per heavy atom. The molecule has 1 unspecified atom stereocenters. The minimum absolute atomic E-state index is 0.0632. The van der Waals surface area contributed by atoms with Gasteiger partial charge in [0.25, 0.3) is 0 Å². The topological polar surface area (TPSA) is 105 Å². The number of fused-ring (bicyclic) bond motifs is 3. The Morgan fingerprint density at radius 2 is 2.03 bits per heavy atom. The molecule has 162 valence electrons. The van der Waals surface area contributed by atoms with Crippen molar-refractivity contribution in [1.82, 2.24) is 0 Å². The molecule has 0 fully saturated rings. The number of halogens is 2. The van der Waals surface area contributed by atoms with Crippen LogP contribution in [0, 0.1) is 0 Å². The summed E-state index contributed by atoms with van der Waals surface area (Å²) in [6, 6.07) is 9.31. The second-order valence-electron chi connectivity index (χ2n) is 6.69. The molecule has 30 heavy (non-hydrogen) atoms. The Kier molecular flexibility index (Phi) is 6.57. The number of hydrogen-bond acceptors (Lipinski definition) is 6. The standard InChI is InChI=1S/C20H21F2NO6S/c1-2-27-18(24)9-8-15-14-10-12(11-30(23,25)26)6-7-13(14)19-16(28-15)4-3-5-17(19)29-20(21)22/h3-7,10,15,20H,2,8-9,11H2,1H3,(H2,23,25,26). The number of carbonyl (C=O) groups excluding carboxylic acids is 1. The van der Waals surface area contributed by atoms with E-state index in [1.54, 1.807) is 31.2 Å². The molecular weight excluding hydrogens is 420 g/mol. The molecule has 1 aliphatic rings. The van der Waals surface area contributed by atoms with Crippen LogP contribution in [0.1, 0.15) is 37.0 Å². The Hall–Kier alpha value is -2.72. The first-order valence-electron chi connectivity index (χ1n) is 9.21. The van der Waals surface area contributed by atoms with Crippen molar-refractivity contribution in [2.24, 2.45) is 5.14 Å². The molecule has 0 saturated heterocycles. The van der Waals surface area contributed by atoms with E-state index in [1.165, 1.54) is 12.1 Å². The van der Waals surface area contributed by atoms with Crippen molar-refractivity contribution in [1.29, 1.82) is 0 Å². The first-order valence-corrected chi connectivity index (χ1v) is 10.9. The predicted molar refractivity (Wildman–Crippen MR) is 105 cm³/mol. The van der Waals surface area contributed by atoms with Gasteiger partial charge < -0.3 is 14.2 Å². The number of nitrogens with two attached hydrogens (primary N) is 1. The molecule has 1 heterocycles. The zero-order valence-corrected chi connectivity index (χ0v) is 17.0. The van der Waals surface area contributed by atoms with E-state index >= 15 is 0 Å². The first kappa shape index (κ1) is 22.0. The lowest BCUT2D eigenvalue weighted by molar-refractivity contribution is -0.143. The summed E-state index contributed by atoms with van der Waals surface area (Å²) in [5.74, 6) is -0.531. The molecule has 0 radical (unpaired) electrons. The minimum Gasteiger partial charge on any atom is -0.485 e. The fraction of sp³-hybridized carbons (Fsp3) is 0.350. The molecule has 10 heteroatoms. The van der Waals surface area contributed by atoms with E-state index in [4.69, 9.17) is 14.6 Å². The van der Waals surface area contributed by atoms with Gasteiger partial charge in [0.2, 0.25) is 10.0 Å². The van der Waals surface area contributed by atoms with E-state index in [-0.39, 0.29) is 25.2 Å². The van der Waals surface area contributed by atoms with E-state index in [0.717, 1.165) is 0 Å². The van der Waals surface area contributed by atoms with Crippen LogP contribution in [0.15, 0.2) is 36.4 Å². The number of carbonyl (C=O) groups is 1. The van der Waals surface area contributed by atoms with Crippen LogP contribution in [0.5, 0.6) is 11.5 Å². The van der Waals surface area contributed by atoms with Crippen LogP contribution < -0.4 is 14.6 Å². The summed E-state index contributed by atoms with van der Waals surface area (Å²) in [5, 5.41) is 5.14. The number of esters is 1. The number of alkyl halides is 2. The van der Waals surface area contributed by atoms with Crippen LogP contribution in [-0.4, -0.2) is 27.6 Å². The maximum atomic E-state index is 12.9. The highest BCUT2D eigenvalue weighted by Gasteiger charge is 2.30. The molecule has 0 spiro atoms. The van der Waals surface area contributed by atoms with Crippen LogP contribution in [0.4, 0.5) is 8.78 Å². The fourth-order valence-electron chi connectivity index (χ4n) is 3.41. The first-order chi connectivity index (χ1) is 14.2. The van der Waals surface area contributed by atoms with Crippen molar-refractivity contribution >= 4 is 16.0 Å². The van der Waals surface area contributed by atoms with Crippen molar-refractivity contribution in [3.8, 4) is 22.6 Å². The Labute approximate surface area is 172 Å². The predicted octanol–water partition coefficient (Wildman–Crippen LogP) is 3.52. The normalized spacial score (nSPS) is 15.2. The zero-order valence-electron chi connectivity index (χ0n) is 16.1. The molecule has 0 aliphatic carbocycles. The van der Waals surface area contributed by atoms with Crippen LogP contribution in [0.3, 0.4) is 0 Å². The summed E-state index contributed by atoms with van der Waals surface area (Å²) >= 11 is 0. The van der Waals surface area contributed by atoms with E-state index in [9.17, 15) is 22.0 Å². The fourth-order valence-corrected chi connectivity index (χ4v) is 4.05. The lowest BCUT2D eigenvalue weighted by atomic mass is 9.89. The highest BCUT2D eigenvalue weighted by molar-refractivity contribution is 7.88. The van der Waals surface area contributed by atoms with Crippen molar-refractivity contribution in [3.63, 3.8) is 0 Å². The van der Waals surface area contributed by atoms with Crippen LogP contribution in [0.25, 0.3) is 11.1 Å². The van der Waals surface area contributed by atoms with Crippen molar-refractivity contribution in [3.05, 3.63) is 47.5 Å². The summed E-state index contributed by atoms with van der Waals surface area (Å²) < 4.78 is 64.3.